The molecule has 1 atom stereocenters. The zero-order valence-electron chi connectivity index (χ0n) is 9.56. The van der Waals surface area contributed by atoms with Crippen molar-refractivity contribution in [2.75, 3.05) is 0 Å². The third-order valence-electron chi connectivity index (χ3n) is 2.53. The van der Waals surface area contributed by atoms with Gasteiger partial charge in [-0.15, -0.1) is 0 Å². The van der Waals surface area contributed by atoms with Crippen LogP contribution in [0.25, 0.3) is 0 Å². The van der Waals surface area contributed by atoms with Crippen LogP contribution in [0.15, 0.2) is 0 Å². The van der Waals surface area contributed by atoms with E-state index in [1.165, 1.54) is 25.7 Å². The van der Waals surface area contributed by atoms with Crippen molar-refractivity contribution in [1.82, 2.24) is 0 Å². The minimum absolute atomic E-state index is 0.877. The molecule has 0 nitrogen and oxygen atoms in total. The van der Waals surface area contributed by atoms with Crippen molar-refractivity contribution in [3.63, 3.8) is 0 Å². The first-order chi connectivity index (χ1) is 5.56. The van der Waals surface area contributed by atoms with Gasteiger partial charge in [0, 0.05) is 0 Å². The Morgan fingerprint density at radius 2 is 1.42 bits per heavy atom. The summed E-state index contributed by atoms with van der Waals surface area (Å²) in [6, 6.07) is 0. The quantitative estimate of drug-likeness (QED) is 0.551. The third-order valence-corrected chi connectivity index (χ3v) is 2.53. The van der Waals surface area contributed by atoms with Gasteiger partial charge in [0.2, 0.25) is 0 Å². The van der Waals surface area contributed by atoms with E-state index in [-0.39, 0.29) is 0 Å². The molecule has 0 aromatic heterocycles. The lowest BCUT2D eigenvalue weighted by Gasteiger charge is -2.17. The Bertz CT molecular complexity index is 92.2. The largest absolute Gasteiger partial charge is 0.0651 e. The highest BCUT2D eigenvalue weighted by atomic mass is 14.1. The summed E-state index contributed by atoms with van der Waals surface area (Å²) < 4.78 is 0. The molecule has 0 aliphatic heterocycles. The molecule has 0 heterocycles. The maximum atomic E-state index is 2.33. The molecule has 74 valence electrons. The first kappa shape index (κ1) is 12.0. The summed E-state index contributed by atoms with van der Waals surface area (Å²) in [4.78, 5) is 0. The normalized spacial score (nSPS) is 14.2. The molecule has 0 radical (unpaired) electrons. The zero-order chi connectivity index (χ0) is 9.56. The number of hydrogen-bond donors (Lipinski definition) is 0. The van der Waals surface area contributed by atoms with Gasteiger partial charge in [0.05, 0.1) is 0 Å². The Kier molecular flexibility index (Phi) is 6.51. The van der Waals surface area contributed by atoms with Crippen LogP contribution in [0.5, 0.6) is 0 Å². The van der Waals surface area contributed by atoms with Crippen LogP contribution in [0.1, 0.15) is 60.3 Å². The Morgan fingerprint density at radius 1 is 0.833 bits per heavy atom. The van der Waals surface area contributed by atoms with E-state index in [1.54, 1.807) is 0 Å². The second-order valence-electron chi connectivity index (χ2n) is 4.88. The van der Waals surface area contributed by atoms with Gasteiger partial charge in [0.25, 0.3) is 0 Å². The van der Waals surface area contributed by atoms with Crippen LogP contribution in [0, 0.1) is 17.8 Å². The second kappa shape index (κ2) is 6.51. The van der Waals surface area contributed by atoms with Crippen molar-refractivity contribution >= 4 is 0 Å². The molecule has 0 bridgehead atoms. The molecule has 0 aliphatic carbocycles. The van der Waals surface area contributed by atoms with E-state index >= 15 is 0 Å². The fraction of sp³-hybridized carbons (Fsp3) is 1.00. The standard InChI is InChI=1S/C12H26/c1-6-12(9-11(4)5)8-7-10(2)3/h10-12H,6-9H2,1-5H3. The van der Waals surface area contributed by atoms with Gasteiger partial charge in [-0.05, 0) is 24.2 Å². The molecular formula is C12H26. The maximum Gasteiger partial charge on any atom is -0.0414 e. The van der Waals surface area contributed by atoms with Crippen molar-refractivity contribution in [2.24, 2.45) is 17.8 Å². The summed E-state index contributed by atoms with van der Waals surface area (Å²) in [6.07, 6.45) is 5.63. The van der Waals surface area contributed by atoms with Crippen LogP contribution < -0.4 is 0 Å². The van der Waals surface area contributed by atoms with Crippen molar-refractivity contribution in [1.29, 1.82) is 0 Å². The second-order valence-corrected chi connectivity index (χ2v) is 4.88. The average Bonchev–Trinajstić information content (AvgIpc) is 1.97. The molecule has 0 aromatic carbocycles. The Balaban J connectivity index is 3.53. The van der Waals surface area contributed by atoms with E-state index in [1.807, 2.05) is 0 Å². The Hall–Kier alpha value is 0. The summed E-state index contributed by atoms with van der Waals surface area (Å²) in [5.74, 6) is 2.74. The lowest BCUT2D eigenvalue weighted by molar-refractivity contribution is 0.348. The summed E-state index contributed by atoms with van der Waals surface area (Å²) >= 11 is 0. The number of rotatable bonds is 6. The molecule has 0 fully saturated rings. The van der Waals surface area contributed by atoms with Crippen LogP contribution >= 0.6 is 0 Å². The Morgan fingerprint density at radius 3 is 1.75 bits per heavy atom. The molecule has 0 saturated heterocycles. The van der Waals surface area contributed by atoms with Crippen molar-refractivity contribution < 1.29 is 0 Å². The van der Waals surface area contributed by atoms with Gasteiger partial charge in [-0.25, -0.2) is 0 Å². The van der Waals surface area contributed by atoms with Gasteiger partial charge in [0.15, 0.2) is 0 Å². The van der Waals surface area contributed by atoms with Crippen LogP contribution in [0.2, 0.25) is 0 Å². The topological polar surface area (TPSA) is 0 Å². The zero-order valence-corrected chi connectivity index (χ0v) is 9.56. The molecule has 12 heavy (non-hydrogen) atoms. The summed E-state index contributed by atoms with van der Waals surface area (Å²) in [7, 11) is 0. The van der Waals surface area contributed by atoms with Crippen LogP contribution in [-0.4, -0.2) is 0 Å². The van der Waals surface area contributed by atoms with Crippen molar-refractivity contribution in [3.8, 4) is 0 Å². The molecule has 0 aromatic rings. The predicted molar refractivity (Wildman–Crippen MR) is 57.3 cm³/mol. The fourth-order valence-electron chi connectivity index (χ4n) is 1.72. The predicted octanol–water partition coefficient (Wildman–Crippen LogP) is 4.49. The molecule has 0 saturated carbocycles. The smallest absolute Gasteiger partial charge is 0.0414 e. The first-order valence-electron chi connectivity index (χ1n) is 5.56. The molecule has 0 aliphatic rings. The van der Waals surface area contributed by atoms with Crippen molar-refractivity contribution in [2.45, 2.75) is 60.3 Å². The van der Waals surface area contributed by atoms with E-state index in [4.69, 9.17) is 0 Å². The lowest BCUT2D eigenvalue weighted by Crippen LogP contribution is -2.04. The van der Waals surface area contributed by atoms with E-state index in [0.29, 0.717) is 0 Å². The highest BCUT2D eigenvalue weighted by molar-refractivity contribution is 4.61. The number of hydrogen-bond acceptors (Lipinski definition) is 0. The minimum Gasteiger partial charge on any atom is -0.0651 e. The van der Waals surface area contributed by atoms with Crippen LogP contribution in [-0.2, 0) is 0 Å². The SMILES string of the molecule is CCC(CCC(C)C)CC(C)C. The molecule has 0 heteroatoms. The van der Waals surface area contributed by atoms with Gasteiger partial charge in [-0.2, -0.15) is 0 Å². The van der Waals surface area contributed by atoms with Gasteiger partial charge in [-0.3, -0.25) is 0 Å². The molecule has 1 unspecified atom stereocenters. The first-order valence-corrected chi connectivity index (χ1v) is 5.56. The minimum atomic E-state index is 0.877. The van der Waals surface area contributed by atoms with Crippen molar-refractivity contribution in [3.05, 3.63) is 0 Å². The molecule has 0 amide bonds. The van der Waals surface area contributed by atoms with E-state index in [0.717, 1.165) is 17.8 Å². The monoisotopic (exact) mass is 170 g/mol. The molecular weight excluding hydrogens is 144 g/mol. The van der Waals surface area contributed by atoms with E-state index < -0.39 is 0 Å². The highest BCUT2D eigenvalue weighted by Crippen LogP contribution is 2.22. The summed E-state index contributed by atoms with van der Waals surface area (Å²) in [5, 5.41) is 0. The summed E-state index contributed by atoms with van der Waals surface area (Å²) in [5.41, 5.74) is 0. The lowest BCUT2D eigenvalue weighted by atomic mass is 9.89. The highest BCUT2D eigenvalue weighted by Gasteiger charge is 2.08. The molecule has 0 rings (SSSR count). The van der Waals surface area contributed by atoms with Crippen LogP contribution in [0.3, 0.4) is 0 Å². The fourth-order valence-corrected chi connectivity index (χ4v) is 1.72. The van der Waals surface area contributed by atoms with Gasteiger partial charge >= 0.3 is 0 Å². The van der Waals surface area contributed by atoms with E-state index in [2.05, 4.69) is 34.6 Å². The van der Waals surface area contributed by atoms with Crippen LogP contribution in [0.4, 0.5) is 0 Å². The molecule has 0 N–H and O–H groups in total. The van der Waals surface area contributed by atoms with Gasteiger partial charge in [-0.1, -0.05) is 53.9 Å². The maximum absolute atomic E-state index is 2.33. The third kappa shape index (κ3) is 6.69. The van der Waals surface area contributed by atoms with E-state index in [9.17, 15) is 0 Å². The van der Waals surface area contributed by atoms with Gasteiger partial charge < -0.3 is 0 Å². The average molecular weight is 170 g/mol. The Labute approximate surface area is 78.8 Å². The molecule has 0 spiro atoms. The van der Waals surface area contributed by atoms with Gasteiger partial charge in [0.1, 0.15) is 0 Å². The summed E-state index contributed by atoms with van der Waals surface area (Å²) in [6.45, 7) is 11.6.